The van der Waals surface area contributed by atoms with Gasteiger partial charge in [-0.2, -0.15) is 0 Å². The number of hydrogen-bond donors (Lipinski definition) is 1. The first-order chi connectivity index (χ1) is 13.6. The quantitative estimate of drug-likeness (QED) is 0.441. The van der Waals surface area contributed by atoms with Crippen molar-refractivity contribution in [2.24, 2.45) is 0 Å². The average molecular weight is 390 g/mol. The Labute approximate surface area is 169 Å². The van der Waals surface area contributed by atoms with E-state index in [2.05, 4.69) is 41.5 Å². The van der Waals surface area contributed by atoms with Crippen LogP contribution < -0.4 is 5.32 Å². The summed E-state index contributed by atoms with van der Waals surface area (Å²) in [6, 6.07) is 23.4. The van der Waals surface area contributed by atoms with Gasteiger partial charge >= 0.3 is 0 Å². The van der Waals surface area contributed by atoms with Crippen LogP contribution in [0.2, 0.25) is 5.02 Å². The molecule has 0 saturated heterocycles. The molecular formula is C23H20ClN3O. The lowest BCUT2D eigenvalue weighted by molar-refractivity contribution is 0.494. The molecule has 0 saturated carbocycles. The van der Waals surface area contributed by atoms with E-state index in [9.17, 15) is 0 Å². The van der Waals surface area contributed by atoms with Gasteiger partial charge in [-0.25, -0.2) is 0 Å². The zero-order valence-electron chi connectivity index (χ0n) is 15.7. The molecule has 4 nitrogen and oxygen atoms in total. The maximum absolute atomic E-state index is 6.29. The first kappa shape index (κ1) is 18.3. The Bertz CT molecular complexity index is 1090. The third-order valence-corrected chi connectivity index (χ3v) is 5.16. The van der Waals surface area contributed by atoms with Crippen molar-refractivity contribution in [2.45, 2.75) is 19.9 Å². The fourth-order valence-corrected chi connectivity index (χ4v) is 3.31. The Balaban J connectivity index is 1.75. The van der Waals surface area contributed by atoms with Gasteiger partial charge in [0.2, 0.25) is 11.8 Å². The summed E-state index contributed by atoms with van der Waals surface area (Å²) >= 11 is 6.29. The van der Waals surface area contributed by atoms with Gasteiger partial charge in [-0.3, -0.25) is 0 Å². The minimum absolute atomic E-state index is 0.273. The van der Waals surface area contributed by atoms with Crippen LogP contribution in [0.3, 0.4) is 0 Å². The lowest BCUT2D eigenvalue weighted by atomic mass is 10.0. The van der Waals surface area contributed by atoms with E-state index in [1.54, 1.807) is 0 Å². The van der Waals surface area contributed by atoms with E-state index in [4.69, 9.17) is 16.0 Å². The predicted molar refractivity (Wildman–Crippen MR) is 113 cm³/mol. The molecule has 5 heteroatoms. The minimum atomic E-state index is -0.273. The highest BCUT2D eigenvalue weighted by Gasteiger charge is 2.22. The summed E-state index contributed by atoms with van der Waals surface area (Å²) < 4.78 is 6.04. The molecule has 4 rings (SSSR count). The van der Waals surface area contributed by atoms with Crippen LogP contribution >= 0.6 is 11.6 Å². The molecule has 1 aromatic heterocycles. The molecule has 0 aliphatic carbocycles. The van der Waals surface area contributed by atoms with Gasteiger partial charge in [0.1, 0.15) is 6.04 Å². The van der Waals surface area contributed by atoms with Gasteiger partial charge in [0.25, 0.3) is 0 Å². The van der Waals surface area contributed by atoms with E-state index in [0.29, 0.717) is 16.8 Å². The molecule has 0 amide bonds. The van der Waals surface area contributed by atoms with Gasteiger partial charge in [-0.15, -0.1) is 10.2 Å². The SMILES string of the molecule is Cc1cccc(NC(c2ccccc2)c2nnc(-c3ccccc3Cl)o2)c1C. The monoisotopic (exact) mass is 389 g/mol. The van der Waals surface area contributed by atoms with Crippen LogP contribution in [-0.2, 0) is 0 Å². The van der Waals surface area contributed by atoms with Crippen molar-refractivity contribution in [3.05, 3.63) is 100 Å². The van der Waals surface area contributed by atoms with Crippen molar-refractivity contribution in [2.75, 3.05) is 5.32 Å². The number of nitrogens with zero attached hydrogens (tertiary/aromatic N) is 2. The molecule has 140 valence electrons. The first-order valence-corrected chi connectivity index (χ1v) is 9.47. The number of hydrogen-bond acceptors (Lipinski definition) is 4. The number of aromatic nitrogens is 2. The van der Waals surface area contributed by atoms with Crippen LogP contribution in [0, 0.1) is 13.8 Å². The van der Waals surface area contributed by atoms with Gasteiger partial charge in [-0.1, -0.05) is 66.2 Å². The van der Waals surface area contributed by atoms with E-state index in [1.807, 2.05) is 60.7 Å². The molecule has 0 bridgehead atoms. The van der Waals surface area contributed by atoms with Crippen LogP contribution in [0.5, 0.6) is 0 Å². The summed E-state index contributed by atoms with van der Waals surface area (Å²) in [6.45, 7) is 4.20. The Morgan fingerprint density at radius 2 is 1.61 bits per heavy atom. The van der Waals surface area contributed by atoms with E-state index in [0.717, 1.165) is 16.8 Å². The molecule has 1 atom stereocenters. The molecule has 0 spiro atoms. The highest BCUT2D eigenvalue weighted by Crippen LogP contribution is 2.32. The number of rotatable bonds is 5. The molecule has 4 aromatic rings. The van der Waals surface area contributed by atoms with Gasteiger partial charge in [0.15, 0.2) is 0 Å². The van der Waals surface area contributed by atoms with Crippen LogP contribution in [0.1, 0.15) is 28.6 Å². The Hall–Kier alpha value is -3.11. The normalized spacial score (nSPS) is 12.0. The van der Waals surface area contributed by atoms with Crippen molar-refractivity contribution in [3.8, 4) is 11.5 Å². The largest absolute Gasteiger partial charge is 0.418 e. The maximum atomic E-state index is 6.29. The van der Waals surface area contributed by atoms with Crippen LogP contribution in [0.15, 0.2) is 77.2 Å². The molecule has 0 radical (unpaired) electrons. The molecule has 1 N–H and O–H groups in total. The summed E-state index contributed by atoms with van der Waals surface area (Å²) in [6.07, 6.45) is 0. The fourth-order valence-electron chi connectivity index (χ4n) is 3.09. The Morgan fingerprint density at radius 1 is 0.857 bits per heavy atom. The Kier molecular flexibility index (Phi) is 5.13. The summed E-state index contributed by atoms with van der Waals surface area (Å²) in [5, 5.41) is 12.7. The zero-order valence-corrected chi connectivity index (χ0v) is 16.4. The summed E-state index contributed by atoms with van der Waals surface area (Å²) in [7, 11) is 0. The van der Waals surface area contributed by atoms with Gasteiger partial charge in [0, 0.05) is 5.69 Å². The predicted octanol–water partition coefficient (Wildman–Crippen LogP) is 6.21. The number of anilines is 1. The van der Waals surface area contributed by atoms with Crippen molar-refractivity contribution >= 4 is 17.3 Å². The van der Waals surface area contributed by atoms with Crippen molar-refractivity contribution in [1.29, 1.82) is 0 Å². The molecule has 0 aliphatic heterocycles. The van der Waals surface area contributed by atoms with Gasteiger partial charge < -0.3 is 9.73 Å². The van der Waals surface area contributed by atoms with Crippen LogP contribution in [0.4, 0.5) is 5.69 Å². The number of benzene rings is 3. The van der Waals surface area contributed by atoms with E-state index >= 15 is 0 Å². The van der Waals surface area contributed by atoms with Gasteiger partial charge in [-0.05, 0) is 48.7 Å². The van der Waals surface area contributed by atoms with Crippen molar-refractivity contribution < 1.29 is 4.42 Å². The van der Waals surface area contributed by atoms with E-state index in [1.165, 1.54) is 11.1 Å². The third-order valence-electron chi connectivity index (χ3n) is 4.83. The average Bonchev–Trinajstić information content (AvgIpc) is 3.20. The second-order valence-electron chi connectivity index (χ2n) is 6.66. The smallest absolute Gasteiger partial charge is 0.249 e. The standard InChI is InChI=1S/C23H20ClN3O/c1-15-9-8-14-20(16(15)2)25-21(17-10-4-3-5-11-17)23-27-26-22(28-23)18-12-6-7-13-19(18)24/h3-14,21,25H,1-2H3. The molecule has 1 unspecified atom stereocenters. The molecule has 0 fully saturated rings. The second kappa shape index (κ2) is 7.87. The Morgan fingerprint density at radius 3 is 2.39 bits per heavy atom. The van der Waals surface area contributed by atoms with Crippen molar-refractivity contribution in [3.63, 3.8) is 0 Å². The van der Waals surface area contributed by atoms with Crippen LogP contribution in [0.25, 0.3) is 11.5 Å². The van der Waals surface area contributed by atoms with Crippen LogP contribution in [-0.4, -0.2) is 10.2 Å². The number of halogens is 1. The zero-order chi connectivity index (χ0) is 19.5. The summed E-state index contributed by atoms with van der Waals surface area (Å²) in [5.74, 6) is 0.895. The minimum Gasteiger partial charge on any atom is -0.418 e. The summed E-state index contributed by atoms with van der Waals surface area (Å²) in [4.78, 5) is 0. The molecule has 0 aliphatic rings. The first-order valence-electron chi connectivity index (χ1n) is 9.09. The molecule has 1 heterocycles. The molecule has 3 aromatic carbocycles. The lowest BCUT2D eigenvalue weighted by Gasteiger charge is -2.19. The summed E-state index contributed by atoms with van der Waals surface area (Å²) in [5.41, 5.74) is 5.21. The highest BCUT2D eigenvalue weighted by molar-refractivity contribution is 6.33. The highest BCUT2D eigenvalue weighted by atomic mass is 35.5. The third kappa shape index (κ3) is 3.64. The van der Waals surface area contributed by atoms with Gasteiger partial charge in [0.05, 0.1) is 10.6 Å². The second-order valence-corrected chi connectivity index (χ2v) is 7.07. The number of nitrogens with one attached hydrogen (secondary N) is 1. The topological polar surface area (TPSA) is 51.0 Å². The number of aryl methyl sites for hydroxylation is 1. The molecular weight excluding hydrogens is 370 g/mol. The van der Waals surface area contributed by atoms with Crippen molar-refractivity contribution in [1.82, 2.24) is 10.2 Å². The molecule has 28 heavy (non-hydrogen) atoms. The lowest BCUT2D eigenvalue weighted by Crippen LogP contribution is -2.14. The van der Waals surface area contributed by atoms with E-state index < -0.39 is 0 Å². The fraction of sp³-hybridized carbons (Fsp3) is 0.130. The van der Waals surface area contributed by atoms with E-state index in [-0.39, 0.29) is 6.04 Å². The maximum Gasteiger partial charge on any atom is 0.249 e.